The van der Waals surface area contributed by atoms with E-state index in [1.807, 2.05) is 0 Å². The van der Waals surface area contributed by atoms with Crippen LogP contribution in [0, 0.1) is 17.8 Å². The molecule has 1 N–H and O–H groups in total. The molecule has 0 bridgehead atoms. The summed E-state index contributed by atoms with van der Waals surface area (Å²) < 4.78 is 17.1. The van der Waals surface area contributed by atoms with E-state index in [4.69, 9.17) is 14.2 Å². The van der Waals surface area contributed by atoms with Crippen LogP contribution < -0.4 is 0 Å². The molecule has 0 aliphatic carbocycles. The first kappa shape index (κ1) is 52.3. The normalized spacial score (nSPS) is 16.0. The maximum absolute atomic E-state index is 12.8. The Morgan fingerprint density at radius 1 is 0.518 bits per heavy atom. The molecule has 0 aromatic carbocycles. The van der Waals surface area contributed by atoms with E-state index in [0.29, 0.717) is 26.2 Å². The second-order valence-corrected chi connectivity index (χ2v) is 17.5. The Balaban J connectivity index is 2.46. The van der Waals surface area contributed by atoms with Crippen LogP contribution in [0.15, 0.2) is 0 Å². The number of likely N-dealkylation sites (tertiary alicyclic amines) is 1. The van der Waals surface area contributed by atoms with Gasteiger partial charge in [0.25, 0.3) is 0 Å². The van der Waals surface area contributed by atoms with E-state index in [1.54, 1.807) is 0 Å². The average Bonchev–Trinajstić information content (AvgIpc) is 3.19. The van der Waals surface area contributed by atoms with Gasteiger partial charge in [0.15, 0.2) is 0 Å². The minimum Gasteiger partial charge on any atom is -0.465 e. The first-order valence-corrected chi connectivity index (χ1v) is 24.1. The molecule has 1 aliphatic heterocycles. The molecular weight excluding hydrogens is 703 g/mol. The smallest absolute Gasteiger partial charge is 0.309 e. The summed E-state index contributed by atoms with van der Waals surface area (Å²) in [5, 5.41) is 11.8. The van der Waals surface area contributed by atoms with Gasteiger partial charge < -0.3 is 24.2 Å². The van der Waals surface area contributed by atoms with Crippen molar-refractivity contribution in [2.45, 2.75) is 232 Å². The monoisotopic (exact) mass is 794 g/mol. The van der Waals surface area contributed by atoms with Crippen molar-refractivity contribution < 1.29 is 33.7 Å². The second-order valence-electron chi connectivity index (χ2n) is 17.5. The Labute approximate surface area is 345 Å². The highest BCUT2D eigenvalue weighted by Crippen LogP contribution is 2.29. The van der Waals surface area contributed by atoms with E-state index >= 15 is 0 Å². The van der Waals surface area contributed by atoms with Gasteiger partial charge in [-0.2, -0.15) is 0 Å². The van der Waals surface area contributed by atoms with E-state index in [-0.39, 0.29) is 35.7 Å². The fourth-order valence-corrected chi connectivity index (χ4v) is 8.31. The molecule has 1 aliphatic rings. The quantitative estimate of drug-likeness (QED) is 0.0374. The molecule has 0 amide bonds. The zero-order chi connectivity index (χ0) is 41.1. The number of hydrogen-bond donors (Lipinski definition) is 1. The second kappa shape index (κ2) is 35.3. The fraction of sp³-hybridized carbons (Fsp3) is 0.938. The molecule has 330 valence electrons. The Morgan fingerprint density at radius 3 is 1.34 bits per heavy atom. The predicted molar refractivity (Wildman–Crippen MR) is 232 cm³/mol. The van der Waals surface area contributed by atoms with Gasteiger partial charge >= 0.3 is 17.9 Å². The molecule has 0 spiro atoms. The van der Waals surface area contributed by atoms with Gasteiger partial charge in [-0.15, -0.1) is 0 Å². The molecule has 1 rings (SSSR count). The number of hydrogen-bond acceptors (Lipinski definition) is 8. The molecule has 2 atom stereocenters. The Kier molecular flexibility index (Phi) is 33.0. The van der Waals surface area contributed by atoms with Crippen molar-refractivity contribution in [3.63, 3.8) is 0 Å². The SMILES string of the molecule is CCCCCCCC(CCC)C(=O)OCCCCCCC(O)(CCCCCCOC(=O)C(CCC)CCCCCCC)CCCCOC(=O)C1CCN(C)CC1. The Bertz CT molecular complexity index is 900. The van der Waals surface area contributed by atoms with Gasteiger partial charge in [0, 0.05) is 0 Å². The summed E-state index contributed by atoms with van der Waals surface area (Å²) >= 11 is 0. The van der Waals surface area contributed by atoms with Crippen LogP contribution in [0.4, 0.5) is 0 Å². The number of carbonyl (C=O) groups excluding carboxylic acids is 3. The van der Waals surface area contributed by atoms with Gasteiger partial charge in [-0.3, -0.25) is 14.4 Å². The molecule has 2 unspecified atom stereocenters. The predicted octanol–water partition coefficient (Wildman–Crippen LogP) is 12.3. The lowest BCUT2D eigenvalue weighted by Gasteiger charge is -2.29. The van der Waals surface area contributed by atoms with Gasteiger partial charge in [0.05, 0.1) is 43.2 Å². The number of esters is 3. The molecular formula is C48H91NO7. The lowest BCUT2D eigenvalue weighted by Crippen LogP contribution is -2.34. The van der Waals surface area contributed by atoms with E-state index in [1.165, 1.54) is 51.4 Å². The van der Waals surface area contributed by atoms with Crippen molar-refractivity contribution in [2.75, 3.05) is 40.0 Å². The third-order valence-electron chi connectivity index (χ3n) is 12.1. The summed E-state index contributed by atoms with van der Waals surface area (Å²) in [7, 11) is 2.10. The summed E-state index contributed by atoms with van der Waals surface area (Å²) in [6.07, 6.45) is 31.1. The van der Waals surface area contributed by atoms with Crippen LogP contribution in [0.2, 0.25) is 0 Å². The van der Waals surface area contributed by atoms with Gasteiger partial charge in [0.1, 0.15) is 0 Å². The highest BCUT2D eigenvalue weighted by Gasteiger charge is 2.27. The number of piperidine rings is 1. The van der Waals surface area contributed by atoms with E-state index in [9.17, 15) is 19.5 Å². The van der Waals surface area contributed by atoms with Crippen LogP contribution in [0.25, 0.3) is 0 Å². The number of carbonyl (C=O) groups is 3. The number of unbranched alkanes of at least 4 members (excludes halogenated alkanes) is 15. The first-order chi connectivity index (χ1) is 27.2. The summed E-state index contributed by atoms with van der Waals surface area (Å²) in [5.74, 6) is 0.0131. The van der Waals surface area contributed by atoms with Crippen molar-refractivity contribution in [3.05, 3.63) is 0 Å². The summed E-state index contributed by atoms with van der Waals surface area (Å²) in [4.78, 5) is 40.4. The first-order valence-electron chi connectivity index (χ1n) is 24.1. The van der Waals surface area contributed by atoms with Gasteiger partial charge in [-0.25, -0.2) is 0 Å². The van der Waals surface area contributed by atoms with Crippen molar-refractivity contribution in [1.29, 1.82) is 0 Å². The van der Waals surface area contributed by atoms with Crippen molar-refractivity contribution in [1.82, 2.24) is 4.90 Å². The number of aliphatic hydroxyl groups is 1. The highest BCUT2D eigenvalue weighted by molar-refractivity contribution is 5.73. The largest absolute Gasteiger partial charge is 0.465 e. The Morgan fingerprint density at radius 2 is 0.893 bits per heavy atom. The minimum absolute atomic E-state index is 0.0132. The maximum atomic E-state index is 12.8. The van der Waals surface area contributed by atoms with E-state index < -0.39 is 5.60 Å². The van der Waals surface area contributed by atoms with Crippen LogP contribution >= 0.6 is 0 Å². The standard InChI is InChI=1S/C48H91NO7/c1-6-10-12-14-20-30-42(28-8-3)45(50)54-39-25-18-16-22-34-48(53,36-24-27-41-56-47(52)44-32-37-49(5)38-33-44)35-23-17-19-26-40-55-46(51)43(29-9-4)31-21-15-13-11-7-2/h42-44,53H,6-41H2,1-5H3. The molecule has 0 aromatic rings. The van der Waals surface area contributed by atoms with Crippen molar-refractivity contribution in [3.8, 4) is 0 Å². The molecule has 0 aromatic heterocycles. The molecule has 1 fully saturated rings. The van der Waals surface area contributed by atoms with Crippen LogP contribution in [-0.4, -0.2) is 73.5 Å². The molecule has 1 heterocycles. The summed E-state index contributed by atoms with van der Waals surface area (Å²) in [5.41, 5.74) is -0.730. The van der Waals surface area contributed by atoms with E-state index in [2.05, 4.69) is 39.6 Å². The topological polar surface area (TPSA) is 102 Å². The third kappa shape index (κ3) is 27.1. The zero-order valence-corrected chi connectivity index (χ0v) is 37.5. The highest BCUT2D eigenvalue weighted by atomic mass is 16.5. The molecule has 0 saturated carbocycles. The Hall–Kier alpha value is -1.67. The average molecular weight is 794 g/mol. The zero-order valence-electron chi connectivity index (χ0n) is 37.5. The van der Waals surface area contributed by atoms with Crippen molar-refractivity contribution in [2.24, 2.45) is 17.8 Å². The molecule has 8 heteroatoms. The van der Waals surface area contributed by atoms with Crippen LogP contribution in [0.3, 0.4) is 0 Å². The maximum Gasteiger partial charge on any atom is 0.309 e. The third-order valence-corrected chi connectivity index (χ3v) is 12.1. The summed E-state index contributed by atoms with van der Waals surface area (Å²) in [6.45, 7) is 12.0. The van der Waals surface area contributed by atoms with Gasteiger partial charge in [0.2, 0.25) is 0 Å². The minimum atomic E-state index is -0.730. The molecule has 1 saturated heterocycles. The summed E-state index contributed by atoms with van der Waals surface area (Å²) in [6, 6.07) is 0. The van der Waals surface area contributed by atoms with Crippen LogP contribution in [0.5, 0.6) is 0 Å². The number of ether oxygens (including phenoxy) is 3. The molecule has 56 heavy (non-hydrogen) atoms. The fourth-order valence-electron chi connectivity index (χ4n) is 8.31. The molecule has 0 radical (unpaired) electrons. The van der Waals surface area contributed by atoms with Crippen LogP contribution in [-0.2, 0) is 28.6 Å². The number of nitrogens with zero attached hydrogens (tertiary/aromatic N) is 1. The van der Waals surface area contributed by atoms with Crippen molar-refractivity contribution >= 4 is 17.9 Å². The lowest BCUT2D eigenvalue weighted by molar-refractivity contribution is -0.150. The van der Waals surface area contributed by atoms with Gasteiger partial charge in [-0.1, -0.05) is 143 Å². The number of rotatable bonds is 38. The molecule has 8 nitrogen and oxygen atoms in total. The van der Waals surface area contributed by atoms with E-state index in [0.717, 1.165) is 154 Å². The van der Waals surface area contributed by atoms with Crippen LogP contribution in [0.1, 0.15) is 227 Å². The van der Waals surface area contributed by atoms with Gasteiger partial charge in [-0.05, 0) is 104 Å². The lowest BCUT2D eigenvalue weighted by atomic mass is 9.85.